The van der Waals surface area contributed by atoms with Crippen molar-refractivity contribution in [1.29, 1.82) is 0 Å². The first kappa shape index (κ1) is 21.6. The summed E-state index contributed by atoms with van der Waals surface area (Å²) in [4.78, 5) is 29.2. The summed E-state index contributed by atoms with van der Waals surface area (Å²) in [6.45, 7) is 6.43. The SMILES string of the molecule is COc1ccccc1N1CCN(C(=O)Cn2cc(-c3nnc(C(C)C)o3)ccc2=O)CC1. The summed E-state index contributed by atoms with van der Waals surface area (Å²) in [5.74, 6) is 1.69. The number of nitrogens with zero attached hydrogens (tertiary/aromatic N) is 5. The molecule has 0 atom stereocenters. The Bertz CT molecular complexity index is 1150. The molecule has 0 saturated carbocycles. The summed E-state index contributed by atoms with van der Waals surface area (Å²) in [6, 6.07) is 10.9. The maximum Gasteiger partial charge on any atom is 0.251 e. The summed E-state index contributed by atoms with van der Waals surface area (Å²) in [6.07, 6.45) is 1.60. The number of methoxy groups -OCH3 is 1. The summed E-state index contributed by atoms with van der Waals surface area (Å²) in [7, 11) is 1.66. The van der Waals surface area contributed by atoms with Crippen LogP contribution in [0.3, 0.4) is 0 Å². The average Bonchev–Trinajstić information content (AvgIpc) is 3.31. The van der Waals surface area contributed by atoms with Gasteiger partial charge < -0.3 is 23.5 Å². The fourth-order valence-electron chi connectivity index (χ4n) is 3.70. The summed E-state index contributed by atoms with van der Waals surface area (Å²) in [5.41, 5.74) is 1.38. The number of aromatic nitrogens is 3. The van der Waals surface area contributed by atoms with Crippen molar-refractivity contribution in [3.8, 4) is 17.2 Å². The number of hydrogen-bond acceptors (Lipinski definition) is 7. The van der Waals surface area contributed by atoms with Crippen LogP contribution in [-0.4, -0.2) is 58.9 Å². The van der Waals surface area contributed by atoms with Gasteiger partial charge in [0.15, 0.2) is 0 Å². The highest BCUT2D eigenvalue weighted by Crippen LogP contribution is 2.28. The largest absolute Gasteiger partial charge is 0.495 e. The van der Waals surface area contributed by atoms with Gasteiger partial charge in [-0.1, -0.05) is 26.0 Å². The van der Waals surface area contributed by atoms with E-state index >= 15 is 0 Å². The molecule has 0 spiro atoms. The van der Waals surface area contributed by atoms with Gasteiger partial charge in [0.1, 0.15) is 12.3 Å². The summed E-state index contributed by atoms with van der Waals surface area (Å²) < 4.78 is 12.5. The van der Waals surface area contributed by atoms with E-state index in [9.17, 15) is 9.59 Å². The van der Waals surface area contributed by atoms with Gasteiger partial charge in [0.2, 0.25) is 17.7 Å². The molecule has 3 heterocycles. The van der Waals surface area contributed by atoms with E-state index in [1.165, 1.54) is 10.6 Å². The molecule has 32 heavy (non-hydrogen) atoms. The Balaban J connectivity index is 1.42. The quantitative estimate of drug-likeness (QED) is 0.584. The Morgan fingerprint density at radius 2 is 1.84 bits per heavy atom. The van der Waals surface area contributed by atoms with Gasteiger partial charge in [-0.25, -0.2) is 0 Å². The molecule has 0 aliphatic carbocycles. The lowest BCUT2D eigenvalue weighted by molar-refractivity contribution is -0.132. The minimum absolute atomic E-state index is 0.0352. The smallest absolute Gasteiger partial charge is 0.251 e. The number of hydrogen-bond donors (Lipinski definition) is 0. The van der Waals surface area contributed by atoms with Crippen molar-refractivity contribution in [2.75, 3.05) is 38.2 Å². The Hall–Kier alpha value is -3.62. The van der Waals surface area contributed by atoms with Gasteiger partial charge in [-0.2, -0.15) is 0 Å². The molecule has 1 aliphatic heterocycles. The molecule has 0 unspecified atom stereocenters. The number of rotatable bonds is 6. The number of ether oxygens (including phenoxy) is 1. The van der Waals surface area contributed by atoms with Crippen molar-refractivity contribution in [2.24, 2.45) is 0 Å². The van der Waals surface area contributed by atoms with Crippen LogP contribution in [0.5, 0.6) is 5.75 Å². The van der Waals surface area contributed by atoms with E-state index in [0.29, 0.717) is 43.5 Å². The van der Waals surface area contributed by atoms with E-state index in [1.807, 2.05) is 38.1 Å². The van der Waals surface area contributed by atoms with Crippen LogP contribution in [0.1, 0.15) is 25.7 Å². The van der Waals surface area contributed by atoms with Crippen LogP contribution in [0.15, 0.2) is 51.8 Å². The molecule has 1 fully saturated rings. The number of benzene rings is 1. The van der Waals surface area contributed by atoms with Crippen LogP contribution in [0.4, 0.5) is 5.69 Å². The molecule has 4 rings (SSSR count). The Morgan fingerprint density at radius 3 is 2.53 bits per heavy atom. The highest BCUT2D eigenvalue weighted by atomic mass is 16.5. The monoisotopic (exact) mass is 437 g/mol. The zero-order valence-electron chi connectivity index (χ0n) is 18.5. The normalized spacial score (nSPS) is 14.1. The first-order valence-corrected chi connectivity index (χ1v) is 10.7. The topological polar surface area (TPSA) is 93.7 Å². The lowest BCUT2D eigenvalue weighted by Crippen LogP contribution is -2.50. The molecule has 9 heteroatoms. The second-order valence-corrected chi connectivity index (χ2v) is 8.02. The molecule has 1 aliphatic rings. The standard InChI is InChI=1S/C23H27N5O4/c1-16(2)22-24-25-23(32-22)17-8-9-20(29)28(14-17)15-21(30)27-12-10-26(11-13-27)18-6-4-5-7-19(18)31-3/h4-9,14,16H,10-13,15H2,1-3H3. The van der Waals surface area contributed by atoms with Gasteiger partial charge in [0, 0.05) is 44.4 Å². The maximum atomic E-state index is 12.9. The molecule has 2 aromatic heterocycles. The predicted molar refractivity (Wildman–Crippen MR) is 120 cm³/mol. The lowest BCUT2D eigenvalue weighted by atomic mass is 10.2. The Morgan fingerprint density at radius 1 is 1.09 bits per heavy atom. The summed E-state index contributed by atoms with van der Waals surface area (Å²) in [5, 5.41) is 8.09. The third-order valence-corrected chi connectivity index (χ3v) is 5.53. The van der Waals surface area contributed by atoms with Gasteiger partial charge in [-0.05, 0) is 18.2 Å². The van der Waals surface area contributed by atoms with Gasteiger partial charge in [0.25, 0.3) is 5.56 Å². The number of piperazine rings is 1. The molecular formula is C23H27N5O4. The predicted octanol–water partition coefficient (Wildman–Crippen LogP) is 2.38. The minimum atomic E-state index is -0.252. The van der Waals surface area contributed by atoms with E-state index < -0.39 is 0 Å². The van der Waals surface area contributed by atoms with Crippen molar-refractivity contribution in [1.82, 2.24) is 19.7 Å². The fraction of sp³-hybridized carbons (Fsp3) is 0.391. The molecule has 1 saturated heterocycles. The number of para-hydroxylation sites is 2. The van der Waals surface area contributed by atoms with Crippen LogP contribution in [0.2, 0.25) is 0 Å². The maximum absolute atomic E-state index is 12.9. The number of anilines is 1. The molecule has 3 aromatic rings. The first-order chi connectivity index (χ1) is 15.5. The van der Waals surface area contributed by atoms with Crippen molar-refractivity contribution >= 4 is 11.6 Å². The van der Waals surface area contributed by atoms with Crippen LogP contribution in [-0.2, 0) is 11.3 Å². The van der Waals surface area contributed by atoms with E-state index in [-0.39, 0.29) is 23.9 Å². The molecule has 168 valence electrons. The third-order valence-electron chi connectivity index (χ3n) is 5.53. The van der Waals surface area contributed by atoms with E-state index in [4.69, 9.17) is 9.15 Å². The lowest BCUT2D eigenvalue weighted by Gasteiger charge is -2.36. The van der Waals surface area contributed by atoms with Gasteiger partial charge in [-0.15, -0.1) is 10.2 Å². The molecular weight excluding hydrogens is 410 g/mol. The Kier molecular flexibility index (Phi) is 6.25. The van der Waals surface area contributed by atoms with Gasteiger partial charge >= 0.3 is 0 Å². The summed E-state index contributed by atoms with van der Waals surface area (Å²) >= 11 is 0. The number of carbonyl (C=O) groups excluding carboxylic acids is 1. The average molecular weight is 438 g/mol. The van der Waals surface area contributed by atoms with Crippen molar-refractivity contribution in [3.63, 3.8) is 0 Å². The second-order valence-electron chi connectivity index (χ2n) is 8.02. The van der Waals surface area contributed by atoms with Crippen molar-refractivity contribution < 1.29 is 13.9 Å². The van der Waals surface area contributed by atoms with E-state index in [2.05, 4.69) is 15.1 Å². The zero-order valence-corrected chi connectivity index (χ0v) is 18.5. The van der Waals surface area contributed by atoms with Gasteiger partial charge in [-0.3, -0.25) is 9.59 Å². The van der Waals surface area contributed by atoms with Crippen LogP contribution >= 0.6 is 0 Å². The van der Waals surface area contributed by atoms with E-state index in [0.717, 1.165) is 11.4 Å². The first-order valence-electron chi connectivity index (χ1n) is 10.7. The van der Waals surface area contributed by atoms with Crippen molar-refractivity contribution in [2.45, 2.75) is 26.3 Å². The fourth-order valence-corrected chi connectivity index (χ4v) is 3.70. The number of carbonyl (C=O) groups is 1. The molecule has 9 nitrogen and oxygen atoms in total. The minimum Gasteiger partial charge on any atom is -0.495 e. The van der Waals surface area contributed by atoms with Crippen LogP contribution in [0.25, 0.3) is 11.5 Å². The molecule has 0 bridgehead atoms. The number of amides is 1. The molecule has 0 radical (unpaired) electrons. The molecule has 1 amide bonds. The van der Waals surface area contributed by atoms with E-state index in [1.54, 1.807) is 24.3 Å². The van der Waals surface area contributed by atoms with Crippen molar-refractivity contribution in [3.05, 3.63) is 58.8 Å². The second kappa shape index (κ2) is 9.25. The highest BCUT2D eigenvalue weighted by molar-refractivity contribution is 5.76. The third kappa shape index (κ3) is 4.51. The van der Waals surface area contributed by atoms with Crippen LogP contribution in [0, 0.1) is 0 Å². The highest BCUT2D eigenvalue weighted by Gasteiger charge is 2.23. The van der Waals surface area contributed by atoms with Crippen LogP contribution < -0.4 is 15.2 Å². The van der Waals surface area contributed by atoms with Gasteiger partial charge in [0.05, 0.1) is 18.4 Å². The molecule has 0 N–H and O–H groups in total. The molecule has 1 aromatic carbocycles. The zero-order chi connectivity index (χ0) is 22.7. The number of pyridine rings is 1. The Labute approximate surface area is 186 Å².